The molecule has 0 aromatic heterocycles. The lowest BCUT2D eigenvalue weighted by Crippen LogP contribution is -2.61. The summed E-state index contributed by atoms with van der Waals surface area (Å²) in [5.41, 5.74) is 4.03. The summed E-state index contributed by atoms with van der Waals surface area (Å²) in [6.07, 6.45) is 3.65. The van der Waals surface area contributed by atoms with Crippen molar-refractivity contribution in [2.75, 3.05) is 14.2 Å². The predicted molar refractivity (Wildman–Crippen MR) is 146 cm³/mol. The molecule has 8 heteroatoms. The quantitative estimate of drug-likeness (QED) is 0.566. The number of nitrogens with zero attached hydrogens (tertiary/aromatic N) is 1. The molecule has 0 aliphatic carbocycles. The summed E-state index contributed by atoms with van der Waals surface area (Å²) in [5, 5.41) is 11.4. The summed E-state index contributed by atoms with van der Waals surface area (Å²) in [7, 11) is 3.33. The number of methoxy groups -OCH3 is 2. The van der Waals surface area contributed by atoms with Crippen LogP contribution in [0.1, 0.15) is 69.5 Å². The molecule has 2 aromatic rings. The lowest BCUT2D eigenvalue weighted by atomic mass is 9.78. The molecule has 0 radical (unpaired) electrons. The van der Waals surface area contributed by atoms with Crippen LogP contribution in [0.3, 0.4) is 0 Å². The molecule has 0 amide bonds. The molecule has 2 fully saturated rings. The van der Waals surface area contributed by atoms with Crippen molar-refractivity contribution in [3.63, 3.8) is 0 Å². The monoisotopic (exact) mass is 537 g/mol. The fraction of sp³-hybridized carbons (Fsp3) is 0.548. The van der Waals surface area contributed by atoms with Crippen molar-refractivity contribution in [2.24, 2.45) is 0 Å². The van der Waals surface area contributed by atoms with E-state index in [-0.39, 0.29) is 30.2 Å². The third-order valence-corrected chi connectivity index (χ3v) is 8.53. The number of piperidine rings is 2. The molecule has 1 N–H and O–H groups in total. The summed E-state index contributed by atoms with van der Waals surface area (Å²) in [6, 6.07) is 12.2. The average molecular weight is 538 g/mol. The highest BCUT2D eigenvalue weighted by Crippen LogP contribution is 2.46. The first-order valence-corrected chi connectivity index (χ1v) is 13.9. The van der Waals surface area contributed by atoms with E-state index in [1.54, 1.807) is 14.2 Å². The average Bonchev–Trinajstić information content (AvgIpc) is 2.92. The Labute approximate surface area is 230 Å². The van der Waals surface area contributed by atoms with Gasteiger partial charge in [0.2, 0.25) is 0 Å². The largest absolute Gasteiger partial charge is 0.496 e. The van der Waals surface area contributed by atoms with Gasteiger partial charge in [0.25, 0.3) is 0 Å². The van der Waals surface area contributed by atoms with Crippen LogP contribution in [0.15, 0.2) is 36.4 Å². The van der Waals surface area contributed by atoms with Gasteiger partial charge < -0.3 is 24.1 Å². The maximum absolute atomic E-state index is 12.1. The van der Waals surface area contributed by atoms with Crippen molar-refractivity contribution in [3.8, 4) is 22.6 Å². The van der Waals surface area contributed by atoms with Gasteiger partial charge in [-0.05, 0) is 67.5 Å². The highest BCUT2D eigenvalue weighted by Gasteiger charge is 2.49. The molecular weight excluding hydrogens is 498 g/mol. The molecule has 5 rings (SSSR count). The third kappa shape index (κ3) is 5.63. The highest BCUT2D eigenvalue weighted by atomic mass is 16.6. The smallest absolute Gasteiger partial charge is 0.302 e. The second-order valence-corrected chi connectivity index (χ2v) is 11.0. The van der Waals surface area contributed by atoms with Gasteiger partial charge in [-0.3, -0.25) is 14.5 Å². The molecule has 0 spiro atoms. The van der Waals surface area contributed by atoms with Crippen LogP contribution in [0, 0.1) is 0 Å². The van der Waals surface area contributed by atoms with Gasteiger partial charge in [-0.15, -0.1) is 0 Å². The zero-order valence-electron chi connectivity index (χ0n) is 23.2. The Morgan fingerprint density at radius 2 is 1.56 bits per heavy atom. The maximum Gasteiger partial charge on any atom is 0.302 e. The van der Waals surface area contributed by atoms with Crippen LogP contribution in [-0.4, -0.2) is 66.6 Å². The number of carbonyl (C=O) groups excluding carboxylic acids is 2. The van der Waals surface area contributed by atoms with E-state index in [2.05, 4.69) is 29.2 Å². The van der Waals surface area contributed by atoms with Crippen molar-refractivity contribution < 1.29 is 33.6 Å². The molecule has 39 heavy (non-hydrogen) atoms. The Balaban J connectivity index is 1.68. The maximum atomic E-state index is 12.1. The molecule has 3 aliphatic rings. The highest BCUT2D eigenvalue weighted by molar-refractivity contribution is 5.77. The Morgan fingerprint density at radius 3 is 2.26 bits per heavy atom. The molecule has 210 valence electrons. The van der Waals surface area contributed by atoms with Crippen LogP contribution >= 0.6 is 0 Å². The second kappa shape index (κ2) is 11.6. The molecule has 4 bridgehead atoms. The number of rotatable bonds is 4. The summed E-state index contributed by atoms with van der Waals surface area (Å²) < 4.78 is 23.1. The van der Waals surface area contributed by atoms with Gasteiger partial charge in [-0.2, -0.15) is 0 Å². The molecular formula is C31H39NO7. The van der Waals surface area contributed by atoms with Gasteiger partial charge in [0.05, 0.1) is 14.2 Å². The molecule has 0 saturated carbocycles. The first-order valence-electron chi connectivity index (χ1n) is 13.9. The third-order valence-electron chi connectivity index (χ3n) is 8.53. The molecule has 2 saturated heterocycles. The summed E-state index contributed by atoms with van der Waals surface area (Å²) in [5.74, 6) is 0.803. The number of aryl methyl sites for hydroxylation is 1. The van der Waals surface area contributed by atoms with Crippen molar-refractivity contribution in [1.82, 2.24) is 4.90 Å². The summed E-state index contributed by atoms with van der Waals surface area (Å²) in [6.45, 7) is 2.85. The fourth-order valence-electron chi connectivity index (χ4n) is 6.93. The number of hydrogen-bond donors (Lipinski definition) is 1. The predicted octanol–water partition coefficient (Wildman–Crippen LogP) is 4.60. The normalized spacial score (nSPS) is 28.5. The summed E-state index contributed by atoms with van der Waals surface area (Å²) in [4.78, 5) is 26.5. The molecule has 0 unspecified atom stereocenters. The van der Waals surface area contributed by atoms with E-state index >= 15 is 0 Å². The van der Waals surface area contributed by atoms with Crippen LogP contribution in [-0.2, 0) is 25.5 Å². The summed E-state index contributed by atoms with van der Waals surface area (Å²) >= 11 is 0. The van der Waals surface area contributed by atoms with Gasteiger partial charge in [0, 0.05) is 49.5 Å². The van der Waals surface area contributed by atoms with Crippen LogP contribution in [0.2, 0.25) is 0 Å². The number of aliphatic hydroxyl groups is 1. The van der Waals surface area contributed by atoms with E-state index in [9.17, 15) is 14.7 Å². The van der Waals surface area contributed by atoms with Crippen LogP contribution in [0.25, 0.3) is 11.1 Å². The first-order chi connectivity index (χ1) is 18.8. The van der Waals surface area contributed by atoms with E-state index in [0.29, 0.717) is 19.3 Å². The molecule has 2 aromatic carbocycles. The topological polar surface area (TPSA) is 94.5 Å². The van der Waals surface area contributed by atoms with Crippen molar-refractivity contribution in [3.05, 3.63) is 47.5 Å². The number of esters is 2. The van der Waals surface area contributed by atoms with Crippen molar-refractivity contribution in [2.45, 2.75) is 95.2 Å². The Kier molecular flexibility index (Phi) is 8.14. The number of fused-ring (bicyclic) bond motifs is 6. The molecule has 3 aliphatic heterocycles. The van der Waals surface area contributed by atoms with Crippen molar-refractivity contribution >= 4 is 11.9 Å². The van der Waals surface area contributed by atoms with Gasteiger partial charge in [-0.25, -0.2) is 0 Å². The molecule has 8 nitrogen and oxygen atoms in total. The number of ether oxygens (including phenoxy) is 4. The van der Waals surface area contributed by atoms with Crippen LogP contribution in [0.4, 0.5) is 0 Å². The van der Waals surface area contributed by atoms with Crippen LogP contribution in [0.5, 0.6) is 11.5 Å². The number of aliphatic hydroxyl groups excluding tert-OH is 1. The SMILES string of the molecule is COc1ccc2cc1-c1cc(ccc1OC)[C@H]1C[C@H](OC(C)=O)[C@@H](O)[C@H]3CCC[C@H](C[C@H](OC(C)=O)CC2)N13. The van der Waals surface area contributed by atoms with E-state index in [1.165, 1.54) is 13.8 Å². The molecule has 6 atom stereocenters. The lowest BCUT2D eigenvalue weighted by Gasteiger charge is -2.54. The minimum atomic E-state index is -0.788. The minimum absolute atomic E-state index is 0.106. The van der Waals surface area contributed by atoms with Gasteiger partial charge >= 0.3 is 11.9 Å². The Morgan fingerprint density at radius 1 is 0.872 bits per heavy atom. The van der Waals surface area contributed by atoms with E-state index in [4.69, 9.17) is 18.9 Å². The van der Waals surface area contributed by atoms with Gasteiger partial charge in [-0.1, -0.05) is 18.6 Å². The van der Waals surface area contributed by atoms with Crippen molar-refractivity contribution in [1.29, 1.82) is 0 Å². The molecule has 3 heterocycles. The van der Waals surface area contributed by atoms with Gasteiger partial charge in [0.1, 0.15) is 29.8 Å². The van der Waals surface area contributed by atoms with Gasteiger partial charge in [0.15, 0.2) is 0 Å². The fourth-order valence-corrected chi connectivity index (χ4v) is 6.93. The standard InChI is InChI=1S/C31H39NO7/c1-18(33)38-23-11-8-20-9-12-28(36-3)24(14-20)25-15-21(10-13-29(25)37-4)27-17-30(39-19(2)34)31(35)26-7-5-6-22(16-23)32(26)27/h9-10,12-15,22-23,26-27,30-31,35H,5-8,11,16-17H2,1-4H3/t22-,23-,26-,27-,30+,31+/m1/s1. The zero-order valence-corrected chi connectivity index (χ0v) is 23.2. The van der Waals surface area contributed by atoms with E-state index in [0.717, 1.165) is 59.4 Å². The second-order valence-electron chi connectivity index (χ2n) is 11.0. The van der Waals surface area contributed by atoms with Crippen LogP contribution < -0.4 is 9.47 Å². The first kappa shape index (κ1) is 27.5. The minimum Gasteiger partial charge on any atom is -0.496 e. The Bertz CT molecular complexity index is 1210. The van der Waals surface area contributed by atoms with E-state index < -0.39 is 18.2 Å². The number of carbonyl (C=O) groups is 2. The number of benzene rings is 2. The number of hydrogen-bond acceptors (Lipinski definition) is 8. The zero-order chi connectivity index (χ0) is 27.7. The van der Waals surface area contributed by atoms with E-state index in [1.807, 2.05) is 12.1 Å². The Hall–Kier alpha value is -3.10. The lowest BCUT2D eigenvalue weighted by molar-refractivity contribution is -0.175.